The van der Waals surface area contributed by atoms with Gasteiger partial charge >= 0.3 is 20.3 Å². The number of urea groups is 1. The van der Waals surface area contributed by atoms with Crippen molar-refractivity contribution in [3.05, 3.63) is 22.7 Å². The molecule has 1 aromatic heterocycles. The Labute approximate surface area is 177 Å². The normalized spacial score (nSPS) is 12.7. The minimum atomic E-state index is -2.18. The maximum Gasteiger partial charge on any atom is 0.346 e. The van der Waals surface area contributed by atoms with E-state index in [4.69, 9.17) is 8.23 Å². The Balaban J connectivity index is 2.40. The molecule has 0 fully saturated rings. The molecule has 1 aromatic rings. The van der Waals surface area contributed by atoms with Crippen molar-refractivity contribution in [1.29, 1.82) is 0 Å². The fourth-order valence-corrected chi connectivity index (χ4v) is 17.6. The predicted octanol–water partition coefficient (Wildman–Crippen LogP) is 4.23. The van der Waals surface area contributed by atoms with E-state index < -0.39 is 30.9 Å². The van der Waals surface area contributed by atoms with Crippen LogP contribution in [-0.2, 0) is 8.23 Å². The van der Waals surface area contributed by atoms with Crippen molar-refractivity contribution in [3.8, 4) is 0 Å². The molecule has 11 heteroatoms. The Hall–Kier alpha value is -1.28. The molecule has 3 N–H and O–H groups in total. The molecule has 0 unspecified atom stereocenters. The van der Waals surface area contributed by atoms with Gasteiger partial charge in [-0.25, -0.2) is 14.6 Å². The topological polar surface area (TPSA) is 105 Å². The number of anilines is 1. The van der Waals surface area contributed by atoms with Gasteiger partial charge in [-0.3, -0.25) is 10.3 Å². The molecule has 0 bridgehead atoms. The summed E-state index contributed by atoms with van der Waals surface area (Å²) in [5.74, 6) is 0.320. The average molecular weight is 459 g/mol. The molecule has 0 saturated heterocycles. The van der Waals surface area contributed by atoms with Crippen LogP contribution in [0.4, 0.5) is 10.6 Å². The SMILES string of the molecule is CCCC[Si](C)(C)O[Si](C)(C)O[Si](C)(C)CCCNC(=O)Nc1ccnc(=O)[nH]1. The second-order valence-electron chi connectivity index (χ2n) is 9.00. The smallest absolute Gasteiger partial charge is 0.346 e. The first-order valence-corrected chi connectivity index (χ1v) is 19.4. The molecular weight excluding hydrogens is 420 g/mol. The lowest BCUT2D eigenvalue weighted by molar-refractivity contribution is 0.252. The van der Waals surface area contributed by atoms with Crippen LogP contribution in [0.1, 0.15) is 26.2 Å². The summed E-state index contributed by atoms with van der Waals surface area (Å²) in [5, 5.41) is 5.40. The van der Waals surface area contributed by atoms with Gasteiger partial charge in [0.25, 0.3) is 0 Å². The van der Waals surface area contributed by atoms with Crippen molar-refractivity contribution in [2.24, 2.45) is 0 Å². The van der Waals surface area contributed by atoms with Crippen LogP contribution in [0.3, 0.4) is 0 Å². The summed E-state index contributed by atoms with van der Waals surface area (Å²) in [6, 6.07) is 3.29. The summed E-state index contributed by atoms with van der Waals surface area (Å²) in [6.45, 7) is 16.1. The second-order valence-corrected chi connectivity index (χ2v) is 21.5. The molecular formula is C18H38N4O4Si3. The van der Waals surface area contributed by atoms with Gasteiger partial charge in [-0.2, -0.15) is 0 Å². The highest BCUT2D eigenvalue weighted by atomic mass is 28.5. The second kappa shape index (κ2) is 11.2. The van der Waals surface area contributed by atoms with E-state index in [0.29, 0.717) is 12.4 Å². The number of rotatable bonds is 12. The first kappa shape index (κ1) is 25.8. The monoisotopic (exact) mass is 458 g/mol. The Morgan fingerprint density at radius 2 is 1.66 bits per heavy atom. The fraction of sp³-hybridized carbons (Fsp3) is 0.722. The molecule has 29 heavy (non-hydrogen) atoms. The quantitative estimate of drug-likeness (QED) is 0.321. The number of hydrogen-bond acceptors (Lipinski definition) is 5. The maximum absolute atomic E-state index is 11.9. The summed E-state index contributed by atoms with van der Waals surface area (Å²) >= 11 is 0. The molecule has 0 radical (unpaired) electrons. The number of hydrogen-bond donors (Lipinski definition) is 3. The van der Waals surface area contributed by atoms with E-state index in [1.165, 1.54) is 31.1 Å². The van der Waals surface area contributed by atoms with Crippen molar-refractivity contribution >= 4 is 37.0 Å². The summed E-state index contributed by atoms with van der Waals surface area (Å²) in [5.41, 5.74) is -0.498. The minimum absolute atomic E-state index is 0.320. The van der Waals surface area contributed by atoms with E-state index in [-0.39, 0.29) is 6.03 Å². The molecule has 0 aliphatic heterocycles. The van der Waals surface area contributed by atoms with Crippen LogP contribution >= 0.6 is 0 Å². The van der Waals surface area contributed by atoms with Crippen LogP contribution < -0.4 is 16.3 Å². The number of unbranched alkanes of at least 4 members (excludes halogenated alkanes) is 1. The molecule has 0 aliphatic rings. The lowest BCUT2D eigenvalue weighted by Crippen LogP contribution is -2.52. The van der Waals surface area contributed by atoms with Gasteiger partial charge in [0, 0.05) is 12.7 Å². The number of amides is 2. The van der Waals surface area contributed by atoms with Crippen molar-refractivity contribution in [2.75, 3.05) is 11.9 Å². The minimum Gasteiger partial charge on any atom is -0.437 e. The number of aromatic nitrogens is 2. The standard InChI is InChI=1S/C18H38N4O4Si3/c1-8-9-14-27(2,3)25-29(6,7)26-28(4,5)15-10-12-19-17(23)21-16-11-13-20-18(24)22-16/h11,13H,8-10,12,14-15H2,1-7H3,(H3,19,20,21,22,23,24). The van der Waals surface area contributed by atoms with Crippen molar-refractivity contribution in [3.63, 3.8) is 0 Å². The molecule has 0 aliphatic carbocycles. The summed E-state index contributed by atoms with van der Waals surface area (Å²) in [7, 11) is -5.76. The predicted molar refractivity (Wildman–Crippen MR) is 126 cm³/mol. The summed E-state index contributed by atoms with van der Waals surface area (Å²) in [4.78, 5) is 29.0. The Bertz CT molecular complexity index is 710. The first-order chi connectivity index (χ1) is 13.3. The van der Waals surface area contributed by atoms with Gasteiger partial charge < -0.3 is 13.5 Å². The van der Waals surface area contributed by atoms with E-state index in [0.717, 1.165) is 12.5 Å². The number of carbonyl (C=O) groups is 1. The molecule has 8 nitrogen and oxygen atoms in total. The summed E-state index contributed by atoms with van der Waals surface area (Å²) in [6.07, 6.45) is 4.59. The van der Waals surface area contributed by atoms with Gasteiger partial charge in [0.15, 0.2) is 16.6 Å². The number of nitrogens with zero attached hydrogens (tertiary/aromatic N) is 1. The van der Waals surface area contributed by atoms with Crippen LogP contribution in [-0.4, -0.2) is 47.7 Å². The molecule has 166 valence electrons. The zero-order chi connectivity index (χ0) is 22.1. The van der Waals surface area contributed by atoms with Gasteiger partial charge in [-0.05, 0) is 63.9 Å². The Morgan fingerprint density at radius 3 is 2.21 bits per heavy atom. The van der Waals surface area contributed by atoms with Crippen molar-refractivity contribution in [1.82, 2.24) is 15.3 Å². The zero-order valence-corrected chi connectivity index (χ0v) is 22.0. The maximum atomic E-state index is 11.9. The lowest BCUT2D eigenvalue weighted by Gasteiger charge is -2.38. The van der Waals surface area contributed by atoms with E-state index >= 15 is 0 Å². The third kappa shape index (κ3) is 11.5. The molecule has 0 aromatic carbocycles. The van der Waals surface area contributed by atoms with Gasteiger partial charge in [0.05, 0.1) is 0 Å². The highest BCUT2D eigenvalue weighted by Gasteiger charge is 2.39. The molecule has 0 atom stereocenters. The highest BCUT2D eigenvalue weighted by Crippen LogP contribution is 2.26. The van der Waals surface area contributed by atoms with Gasteiger partial charge in [-0.15, -0.1) is 0 Å². The molecule has 1 rings (SSSR count). The third-order valence-corrected chi connectivity index (χ3v) is 15.8. The van der Waals surface area contributed by atoms with Crippen LogP contribution in [0.25, 0.3) is 0 Å². The molecule has 2 amide bonds. The van der Waals surface area contributed by atoms with Crippen molar-refractivity contribution < 1.29 is 13.0 Å². The summed E-state index contributed by atoms with van der Waals surface area (Å²) < 4.78 is 13.1. The number of H-pyrrole nitrogens is 1. The van der Waals surface area contributed by atoms with Gasteiger partial charge in [0.1, 0.15) is 5.82 Å². The molecule has 0 saturated carbocycles. The number of aromatic amines is 1. The zero-order valence-electron chi connectivity index (χ0n) is 19.0. The first-order valence-electron chi connectivity index (χ1n) is 10.3. The van der Waals surface area contributed by atoms with Gasteiger partial charge in [-0.1, -0.05) is 19.8 Å². The van der Waals surface area contributed by atoms with Crippen molar-refractivity contribution in [2.45, 2.75) is 77.6 Å². The van der Waals surface area contributed by atoms with Crippen LogP contribution in [0.15, 0.2) is 17.1 Å². The van der Waals surface area contributed by atoms with E-state index in [2.05, 4.69) is 66.8 Å². The van der Waals surface area contributed by atoms with E-state index in [1.807, 2.05) is 0 Å². The van der Waals surface area contributed by atoms with E-state index in [9.17, 15) is 9.59 Å². The average Bonchev–Trinajstić information content (AvgIpc) is 2.55. The largest absolute Gasteiger partial charge is 0.437 e. The van der Waals surface area contributed by atoms with Crippen LogP contribution in [0.2, 0.25) is 51.4 Å². The Kier molecular flexibility index (Phi) is 9.95. The van der Waals surface area contributed by atoms with Gasteiger partial charge in [0.2, 0.25) is 0 Å². The third-order valence-electron chi connectivity index (χ3n) is 4.34. The number of nitrogens with one attached hydrogen (secondary N) is 3. The van der Waals surface area contributed by atoms with Crippen LogP contribution in [0.5, 0.6) is 0 Å². The lowest BCUT2D eigenvalue weighted by atomic mass is 10.4. The molecule has 1 heterocycles. The molecule has 0 spiro atoms. The van der Waals surface area contributed by atoms with Crippen LogP contribution in [0, 0.1) is 0 Å². The highest BCUT2D eigenvalue weighted by molar-refractivity contribution is 6.87. The van der Waals surface area contributed by atoms with E-state index in [1.54, 1.807) is 0 Å². The number of carbonyl (C=O) groups excluding carboxylic acids is 1. The Morgan fingerprint density at radius 1 is 1.07 bits per heavy atom. The fourth-order valence-electron chi connectivity index (χ4n) is 3.38.